The number of carbonyl (C=O) groups excluding carboxylic acids is 1. The Labute approximate surface area is 326 Å². The molecule has 0 aliphatic carbocycles. The first-order valence-corrected chi connectivity index (χ1v) is 20.2. The standard InChI is InChI=1S/C41H75NO12/c1-6-7-8-9-10-11-12-13-38-14-16-39(17-15-38)53-37-36-52-35-34-51-33-32-50-31-30-49-29-28-48-27-26-47-25-24-46-23-22-45-21-20-44-19-18-42(5)40(43)54-41(2,3)4/h14-17H,6-13,18-37H2,1-5H3. The van der Waals surface area contributed by atoms with E-state index in [1.54, 1.807) is 7.05 Å². The highest BCUT2D eigenvalue weighted by atomic mass is 16.6. The van der Waals surface area contributed by atoms with Crippen molar-refractivity contribution < 1.29 is 56.9 Å². The van der Waals surface area contributed by atoms with Gasteiger partial charge in [-0.15, -0.1) is 0 Å². The normalized spacial score (nSPS) is 11.6. The van der Waals surface area contributed by atoms with Crippen molar-refractivity contribution in [2.75, 3.05) is 139 Å². The molecular weight excluding hydrogens is 698 g/mol. The van der Waals surface area contributed by atoms with Crippen molar-refractivity contribution in [1.82, 2.24) is 4.90 Å². The maximum atomic E-state index is 11.9. The number of likely N-dealkylation sites (N-methyl/N-ethyl adjacent to an activating group) is 1. The van der Waals surface area contributed by atoms with Gasteiger partial charge in [0.1, 0.15) is 18.0 Å². The Morgan fingerprint density at radius 3 is 1.24 bits per heavy atom. The van der Waals surface area contributed by atoms with Crippen LogP contribution in [-0.2, 0) is 53.8 Å². The van der Waals surface area contributed by atoms with Crippen molar-refractivity contribution in [1.29, 1.82) is 0 Å². The van der Waals surface area contributed by atoms with Gasteiger partial charge in [0.05, 0.1) is 119 Å². The topological polar surface area (TPSA) is 122 Å². The first-order valence-electron chi connectivity index (χ1n) is 20.2. The van der Waals surface area contributed by atoms with Crippen LogP contribution < -0.4 is 4.74 Å². The van der Waals surface area contributed by atoms with Crippen molar-refractivity contribution in [3.8, 4) is 5.75 Å². The fourth-order valence-corrected chi connectivity index (χ4v) is 4.75. The molecule has 54 heavy (non-hydrogen) atoms. The van der Waals surface area contributed by atoms with Crippen LogP contribution in [0, 0.1) is 0 Å². The molecule has 316 valence electrons. The predicted octanol–water partition coefficient (Wildman–Crippen LogP) is 6.37. The lowest BCUT2D eigenvalue weighted by Gasteiger charge is -2.24. The smallest absolute Gasteiger partial charge is 0.410 e. The Balaban J connectivity index is 1.72. The van der Waals surface area contributed by atoms with Crippen LogP contribution in [0.5, 0.6) is 5.75 Å². The minimum atomic E-state index is -0.510. The van der Waals surface area contributed by atoms with Gasteiger partial charge in [-0.25, -0.2) is 4.79 Å². The predicted molar refractivity (Wildman–Crippen MR) is 210 cm³/mol. The van der Waals surface area contributed by atoms with Crippen LogP contribution in [0.25, 0.3) is 0 Å². The summed E-state index contributed by atoms with van der Waals surface area (Å²) in [6.07, 6.45) is 10.1. The van der Waals surface area contributed by atoms with Crippen LogP contribution in [0.3, 0.4) is 0 Å². The molecule has 13 heteroatoms. The van der Waals surface area contributed by atoms with E-state index in [1.807, 2.05) is 20.8 Å². The third-order valence-corrected chi connectivity index (χ3v) is 7.74. The van der Waals surface area contributed by atoms with Gasteiger partial charge in [-0.05, 0) is 51.3 Å². The van der Waals surface area contributed by atoms with Gasteiger partial charge in [0, 0.05) is 13.6 Å². The van der Waals surface area contributed by atoms with Gasteiger partial charge in [0.15, 0.2) is 0 Å². The van der Waals surface area contributed by atoms with Crippen molar-refractivity contribution in [2.45, 2.75) is 84.7 Å². The van der Waals surface area contributed by atoms with Gasteiger partial charge in [0.25, 0.3) is 0 Å². The van der Waals surface area contributed by atoms with E-state index in [2.05, 4.69) is 31.2 Å². The minimum absolute atomic E-state index is 0.362. The van der Waals surface area contributed by atoms with E-state index in [0.717, 1.165) is 12.2 Å². The number of hydrogen-bond acceptors (Lipinski definition) is 12. The quantitative estimate of drug-likeness (QED) is 0.0691. The summed E-state index contributed by atoms with van der Waals surface area (Å²) in [5, 5.41) is 0. The molecule has 0 heterocycles. The minimum Gasteiger partial charge on any atom is -0.491 e. The second-order valence-electron chi connectivity index (χ2n) is 13.8. The van der Waals surface area contributed by atoms with E-state index < -0.39 is 5.60 Å². The number of nitrogens with zero attached hydrogens (tertiary/aromatic N) is 1. The molecule has 0 saturated carbocycles. The number of amides is 1. The van der Waals surface area contributed by atoms with E-state index in [4.69, 9.17) is 52.1 Å². The van der Waals surface area contributed by atoms with Crippen molar-refractivity contribution in [2.24, 2.45) is 0 Å². The molecule has 0 fully saturated rings. The van der Waals surface area contributed by atoms with E-state index in [0.29, 0.717) is 132 Å². The molecule has 1 aromatic rings. The highest BCUT2D eigenvalue weighted by Gasteiger charge is 2.19. The second kappa shape index (κ2) is 36.6. The summed E-state index contributed by atoms with van der Waals surface area (Å²) in [6, 6.07) is 8.44. The molecule has 0 spiro atoms. The average Bonchev–Trinajstić information content (AvgIpc) is 3.15. The van der Waals surface area contributed by atoms with E-state index in [1.165, 1.54) is 55.4 Å². The summed E-state index contributed by atoms with van der Waals surface area (Å²) >= 11 is 0. The lowest BCUT2D eigenvalue weighted by Crippen LogP contribution is -2.36. The molecule has 13 nitrogen and oxygen atoms in total. The Morgan fingerprint density at radius 2 is 0.852 bits per heavy atom. The molecule has 0 aromatic heterocycles. The Kier molecular flexibility index (Phi) is 33.8. The van der Waals surface area contributed by atoms with Crippen molar-refractivity contribution in [3.63, 3.8) is 0 Å². The molecule has 1 rings (SSSR count). The summed E-state index contributed by atoms with van der Waals surface area (Å²) in [6.45, 7) is 17.6. The molecule has 0 atom stereocenters. The molecule has 0 aliphatic heterocycles. The first-order chi connectivity index (χ1) is 26.3. The molecule has 1 aromatic carbocycles. The molecule has 0 radical (unpaired) electrons. The fourth-order valence-electron chi connectivity index (χ4n) is 4.75. The van der Waals surface area contributed by atoms with Crippen molar-refractivity contribution >= 4 is 6.09 Å². The summed E-state index contributed by atoms with van der Waals surface area (Å²) in [5.74, 6) is 0.883. The molecule has 0 unspecified atom stereocenters. The number of rotatable bonds is 39. The lowest BCUT2D eigenvalue weighted by atomic mass is 10.0. The summed E-state index contributed by atoms with van der Waals surface area (Å²) in [5.41, 5.74) is 0.868. The number of aryl methyl sites for hydroxylation is 1. The van der Waals surface area contributed by atoms with Gasteiger partial charge in [-0.1, -0.05) is 57.6 Å². The Hall–Kier alpha value is -2.07. The second-order valence-corrected chi connectivity index (χ2v) is 13.8. The van der Waals surface area contributed by atoms with Crippen LogP contribution in [-0.4, -0.2) is 156 Å². The van der Waals surface area contributed by atoms with Gasteiger partial charge < -0.3 is 57.0 Å². The third-order valence-electron chi connectivity index (χ3n) is 7.74. The highest BCUT2D eigenvalue weighted by Crippen LogP contribution is 2.15. The zero-order chi connectivity index (χ0) is 39.2. The number of unbranched alkanes of at least 4 members (excludes halogenated alkanes) is 6. The number of ether oxygens (including phenoxy) is 11. The van der Waals surface area contributed by atoms with Crippen LogP contribution in [0.4, 0.5) is 4.79 Å². The first kappa shape index (κ1) is 49.9. The Bertz CT molecular complexity index is 947. The molecule has 0 N–H and O–H groups in total. The van der Waals surface area contributed by atoms with Gasteiger partial charge >= 0.3 is 6.09 Å². The number of benzene rings is 1. The third kappa shape index (κ3) is 34.4. The largest absolute Gasteiger partial charge is 0.491 e. The van der Waals surface area contributed by atoms with E-state index in [9.17, 15) is 4.79 Å². The van der Waals surface area contributed by atoms with E-state index >= 15 is 0 Å². The van der Waals surface area contributed by atoms with Gasteiger partial charge in [-0.3, -0.25) is 0 Å². The number of carbonyl (C=O) groups is 1. The maximum Gasteiger partial charge on any atom is 0.410 e. The van der Waals surface area contributed by atoms with Gasteiger partial charge in [0.2, 0.25) is 0 Å². The highest BCUT2D eigenvalue weighted by molar-refractivity contribution is 5.67. The fraction of sp³-hybridized carbons (Fsp3) is 0.829. The molecule has 0 bridgehead atoms. The molecule has 1 amide bonds. The zero-order valence-electron chi connectivity index (χ0n) is 34.5. The maximum absolute atomic E-state index is 11.9. The summed E-state index contributed by atoms with van der Waals surface area (Å²) in [4.78, 5) is 13.4. The molecule has 0 saturated heterocycles. The van der Waals surface area contributed by atoms with Crippen LogP contribution in [0.1, 0.15) is 78.2 Å². The summed E-state index contributed by atoms with van der Waals surface area (Å²) < 4.78 is 60.7. The average molecular weight is 774 g/mol. The lowest BCUT2D eigenvalue weighted by molar-refractivity contribution is -0.0257. The van der Waals surface area contributed by atoms with Crippen molar-refractivity contribution in [3.05, 3.63) is 29.8 Å². The van der Waals surface area contributed by atoms with Crippen LogP contribution in [0.2, 0.25) is 0 Å². The van der Waals surface area contributed by atoms with Crippen LogP contribution >= 0.6 is 0 Å². The SMILES string of the molecule is CCCCCCCCCc1ccc(OCCOCCOCCOCCOCCOCCOCCOCCOCCOCCN(C)C(=O)OC(C)(C)C)cc1. The zero-order valence-corrected chi connectivity index (χ0v) is 34.5. The van der Waals surface area contributed by atoms with Gasteiger partial charge in [-0.2, -0.15) is 0 Å². The molecule has 0 aliphatic rings. The Morgan fingerprint density at radius 1 is 0.500 bits per heavy atom. The molecular formula is C41H75NO12. The summed E-state index contributed by atoms with van der Waals surface area (Å²) in [7, 11) is 1.68. The monoisotopic (exact) mass is 774 g/mol. The number of hydrogen-bond donors (Lipinski definition) is 0. The van der Waals surface area contributed by atoms with Crippen LogP contribution in [0.15, 0.2) is 24.3 Å². The van der Waals surface area contributed by atoms with E-state index in [-0.39, 0.29) is 6.09 Å².